The molecule has 1 aromatic rings. The molecule has 0 aliphatic heterocycles. The number of carboxylic acid groups (broad SMARTS) is 1. The molecule has 0 bridgehead atoms. The lowest BCUT2D eigenvalue weighted by Crippen LogP contribution is -2.10. The Hall–Kier alpha value is -1.31. The highest BCUT2D eigenvalue weighted by atomic mass is 16.4. The standard InChI is InChI=1S/C13H16O2/c1-8-6-7-11(9(2)13(14)15)12-5-3-4-10(8)12/h6-7,9H,3-5H2,1-2H3,(H,14,15). The fourth-order valence-electron chi connectivity index (χ4n) is 2.45. The van der Waals surface area contributed by atoms with E-state index in [-0.39, 0.29) is 5.92 Å². The minimum absolute atomic E-state index is 0.377. The Labute approximate surface area is 89.9 Å². The molecule has 1 aliphatic rings. The van der Waals surface area contributed by atoms with Crippen LogP contribution < -0.4 is 0 Å². The zero-order valence-electron chi connectivity index (χ0n) is 9.21. The van der Waals surface area contributed by atoms with E-state index in [2.05, 4.69) is 13.0 Å². The Kier molecular flexibility index (Phi) is 2.51. The Morgan fingerprint density at radius 1 is 1.33 bits per heavy atom. The van der Waals surface area contributed by atoms with Crippen LogP contribution in [0, 0.1) is 6.92 Å². The first-order valence-electron chi connectivity index (χ1n) is 5.45. The van der Waals surface area contributed by atoms with E-state index in [1.54, 1.807) is 6.92 Å². The molecule has 1 aliphatic carbocycles. The van der Waals surface area contributed by atoms with Gasteiger partial charge in [0.15, 0.2) is 0 Å². The molecular formula is C13H16O2. The maximum absolute atomic E-state index is 11.0. The summed E-state index contributed by atoms with van der Waals surface area (Å²) in [5.41, 5.74) is 5.01. The lowest BCUT2D eigenvalue weighted by molar-refractivity contribution is -0.138. The summed E-state index contributed by atoms with van der Waals surface area (Å²) in [5.74, 6) is -1.11. The van der Waals surface area contributed by atoms with Gasteiger partial charge in [-0.1, -0.05) is 12.1 Å². The zero-order chi connectivity index (χ0) is 11.0. The molecule has 2 rings (SSSR count). The Bertz CT molecular complexity index is 407. The summed E-state index contributed by atoms with van der Waals surface area (Å²) in [6.07, 6.45) is 3.32. The Balaban J connectivity index is 2.50. The first-order chi connectivity index (χ1) is 7.11. The molecule has 1 unspecified atom stereocenters. The van der Waals surface area contributed by atoms with Crippen LogP contribution in [0.2, 0.25) is 0 Å². The first kappa shape index (κ1) is 10.2. The summed E-state index contributed by atoms with van der Waals surface area (Å²) in [6.45, 7) is 3.88. The molecule has 1 atom stereocenters. The molecule has 80 valence electrons. The van der Waals surface area contributed by atoms with Gasteiger partial charge in [0.2, 0.25) is 0 Å². The highest BCUT2D eigenvalue weighted by molar-refractivity contribution is 5.76. The Morgan fingerprint density at radius 2 is 2.00 bits per heavy atom. The monoisotopic (exact) mass is 204 g/mol. The van der Waals surface area contributed by atoms with Crippen molar-refractivity contribution in [2.75, 3.05) is 0 Å². The average Bonchev–Trinajstić information content (AvgIpc) is 2.66. The fraction of sp³-hybridized carbons (Fsp3) is 0.462. The molecule has 0 aromatic heterocycles. The van der Waals surface area contributed by atoms with Gasteiger partial charge in [-0.3, -0.25) is 4.79 Å². The summed E-state index contributed by atoms with van der Waals surface area (Å²) in [6, 6.07) is 4.04. The zero-order valence-corrected chi connectivity index (χ0v) is 9.21. The highest BCUT2D eigenvalue weighted by Crippen LogP contribution is 2.32. The minimum atomic E-state index is -0.729. The molecule has 0 fully saturated rings. The predicted octanol–water partition coefficient (Wildman–Crippen LogP) is 2.67. The molecule has 15 heavy (non-hydrogen) atoms. The van der Waals surface area contributed by atoms with Crippen LogP contribution in [0.5, 0.6) is 0 Å². The van der Waals surface area contributed by atoms with Crippen molar-refractivity contribution in [1.29, 1.82) is 0 Å². The average molecular weight is 204 g/mol. The molecule has 2 heteroatoms. The number of carboxylic acids is 1. The van der Waals surface area contributed by atoms with Crippen molar-refractivity contribution in [1.82, 2.24) is 0 Å². The third kappa shape index (κ3) is 1.65. The summed E-state index contributed by atoms with van der Waals surface area (Å²) in [5, 5.41) is 9.04. The van der Waals surface area contributed by atoms with E-state index in [1.807, 2.05) is 6.07 Å². The highest BCUT2D eigenvalue weighted by Gasteiger charge is 2.22. The quantitative estimate of drug-likeness (QED) is 0.804. The summed E-state index contributed by atoms with van der Waals surface area (Å²) in [7, 11) is 0. The smallest absolute Gasteiger partial charge is 0.310 e. The van der Waals surface area contributed by atoms with Crippen molar-refractivity contribution in [2.45, 2.75) is 39.0 Å². The van der Waals surface area contributed by atoms with Gasteiger partial charge in [-0.15, -0.1) is 0 Å². The minimum Gasteiger partial charge on any atom is -0.481 e. The van der Waals surface area contributed by atoms with Crippen LogP contribution in [-0.2, 0) is 17.6 Å². The number of aliphatic carboxylic acids is 1. The number of benzene rings is 1. The van der Waals surface area contributed by atoms with E-state index in [9.17, 15) is 4.79 Å². The van der Waals surface area contributed by atoms with Gasteiger partial charge in [-0.25, -0.2) is 0 Å². The Morgan fingerprint density at radius 3 is 2.67 bits per heavy atom. The van der Waals surface area contributed by atoms with Crippen LogP contribution in [-0.4, -0.2) is 11.1 Å². The molecule has 0 spiro atoms. The lowest BCUT2D eigenvalue weighted by Gasteiger charge is -2.14. The van der Waals surface area contributed by atoms with E-state index in [4.69, 9.17) is 5.11 Å². The van der Waals surface area contributed by atoms with Crippen molar-refractivity contribution in [3.05, 3.63) is 34.4 Å². The molecule has 0 radical (unpaired) electrons. The van der Waals surface area contributed by atoms with Gasteiger partial charge in [-0.05, 0) is 55.4 Å². The molecular weight excluding hydrogens is 188 g/mol. The SMILES string of the molecule is Cc1ccc(C(C)C(=O)O)c2c1CCC2. The summed E-state index contributed by atoms with van der Waals surface area (Å²) in [4.78, 5) is 11.0. The van der Waals surface area contributed by atoms with Gasteiger partial charge >= 0.3 is 5.97 Å². The first-order valence-corrected chi connectivity index (χ1v) is 5.45. The second kappa shape index (κ2) is 3.69. The maximum atomic E-state index is 11.0. The normalized spacial score (nSPS) is 16.1. The van der Waals surface area contributed by atoms with Gasteiger partial charge in [0.1, 0.15) is 0 Å². The van der Waals surface area contributed by atoms with Crippen molar-refractivity contribution in [3.8, 4) is 0 Å². The maximum Gasteiger partial charge on any atom is 0.310 e. The molecule has 0 amide bonds. The molecule has 0 saturated heterocycles. The van der Waals surface area contributed by atoms with Crippen LogP contribution in [0.3, 0.4) is 0 Å². The topological polar surface area (TPSA) is 37.3 Å². The lowest BCUT2D eigenvalue weighted by atomic mass is 9.91. The van der Waals surface area contributed by atoms with Gasteiger partial charge < -0.3 is 5.11 Å². The van der Waals surface area contributed by atoms with E-state index >= 15 is 0 Å². The van der Waals surface area contributed by atoms with E-state index in [1.165, 1.54) is 23.1 Å². The number of fused-ring (bicyclic) bond motifs is 1. The fourth-order valence-corrected chi connectivity index (χ4v) is 2.45. The second-order valence-corrected chi connectivity index (χ2v) is 4.34. The van der Waals surface area contributed by atoms with Crippen LogP contribution in [0.15, 0.2) is 12.1 Å². The van der Waals surface area contributed by atoms with Gasteiger partial charge in [0.05, 0.1) is 5.92 Å². The largest absolute Gasteiger partial charge is 0.481 e. The van der Waals surface area contributed by atoms with Crippen LogP contribution >= 0.6 is 0 Å². The molecule has 2 nitrogen and oxygen atoms in total. The third-order valence-corrected chi connectivity index (χ3v) is 3.39. The van der Waals surface area contributed by atoms with Crippen molar-refractivity contribution in [2.24, 2.45) is 0 Å². The van der Waals surface area contributed by atoms with Crippen molar-refractivity contribution < 1.29 is 9.90 Å². The third-order valence-electron chi connectivity index (χ3n) is 3.39. The number of hydrogen-bond acceptors (Lipinski definition) is 1. The van der Waals surface area contributed by atoms with E-state index in [0.717, 1.165) is 18.4 Å². The number of hydrogen-bond donors (Lipinski definition) is 1. The van der Waals surface area contributed by atoms with Crippen LogP contribution in [0.4, 0.5) is 0 Å². The van der Waals surface area contributed by atoms with E-state index < -0.39 is 5.97 Å². The number of carbonyl (C=O) groups is 1. The van der Waals surface area contributed by atoms with Crippen molar-refractivity contribution in [3.63, 3.8) is 0 Å². The van der Waals surface area contributed by atoms with Gasteiger partial charge in [-0.2, -0.15) is 0 Å². The van der Waals surface area contributed by atoms with Gasteiger partial charge in [0, 0.05) is 0 Å². The van der Waals surface area contributed by atoms with Crippen molar-refractivity contribution >= 4 is 5.97 Å². The summed E-state index contributed by atoms with van der Waals surface area (Å²) < 4.78 is 0. The van der Waals surface area contributed by atoms with E-state index in [0.29, 0.717) is 0 Å². The van der Waals surface area contributed by atoms with Crippen LogP contribution in [0.1, 0.15) is 41.5 Å². The molecule has 0 saturated carbocycles. The summed E-state index contributed by atoms with van der Waals surface area (Å²) >= 11 is 0. The van der Waals surface area contributed by atoms with Crippen LogP contribution in [0.25, 0.3) is 0 Å². The molecule has 1 aromatic carbocycles. The van der Waals surface area contributed by atoms with Gasteiger partial charge in [0.25, 0.3) is 0 Å². The number of rotatable bonds is 2. The predicted molar refractivity (Wildman–Crippen MR) is 59.3 cm³/mol. The molecule has 1 N–H and O–H groups in total. The number of aryl methyl sites for hydroxylation is 1. The second-order valence-electron chi connectivity index (χ2n) is 4.34. The molecule has 0 heterocycles.